The van der Waals surface area contributed by atoms with Crippen molar-refractivity contribution in [2.45, 2.75) is 52.0 Å². The molecule has 4 nitrogen and oxygen atoms in total. The summed E-state index contributed by atoms with van der Waals surface area (Å²) < 4.78 is 1.85. The predicted molar refractivity (Wildman–Crippen MR) is 104 cm³/mol. The first kappa shape index (κ1) is 17.9. The van der Waals surface area contributed by atoms with Crippen LogP contribution in [0.3, 0.4) is 0 Å². The Balaban J connectivity index is 1.57. The second-order valence-corrected chi connectivity index (χ2v) is 8.37. The number of rotatable bonds is 6. The van der Waals surface area contributed by atoms with Gasteiger partial charge in [-0.2, -0.15) is 5.10 Å². The van der Waals surface area contributed by atoms with E-state index in [1.165, 1.54) is 12.8 Å². The lowest BCUT2D eigenvalue weighted by atomic mass is 10.1. The molecule has 4 rings (SSSR count). The van der Waals surface area contributed by atoms with Crippen LogP contribution in [0.15, 0.2) is 18.2 Å². The van der Waals surface area contributed by atoms with Gasteiger partial charge in [-0.3, -0.25) is 4.79 Å². The van der Waals surface area contributed by atoms with Crippen molar-refractivity contribution in [3.8, 4) is 5.69 Å². The zero-order valence-electron chi connectivity index (χ0n) is 15.1. The number of aromatic nitrogens is 2. The van der Waals surface area contributed by atoms with Gasteiger partial charge >= 0.3 is 0 Å². The van der Waals surface area contributed by atoms with Gasteiger partial charge in [0.25, 0.3) is 0 Å². The first-order valence-corrected chi connectivity index (χ1v) is 9.99. The lowest BCUT2D eigenvalue weighted by molar-refractivity contribution is -0.131. The average Bonchev–Trinajstić information content (AvgIpc) is 3.51. The standard InChI is InChI=1S/C20H23Cl2N3O/c1-12-17(10-20(26)24(15-5-6-15)11-14-3-4-14)13(2)25(23-12)16-7-8-18(21)19(22)9-16/h7-9,14-15H,3-6,10-11H2,1-2H3. The highest BCUT2D eigenvalue weighted by atomic mass is 35.5. The summed E-state index contributed by atoms with van der Waals surface area (Å²) in [5.74, 6) is 0.958. The Hall–Kier alpha value is -1.52. The normalized spacial score (nSPS) is 16.8. The summed E-state index contributed by atoms with van der Waals surface area (Å²) >= 11 is 12.2. The minimum absolute atomic E-state index is 0.235. The summed E-state index contributed by atoms with van der Waals surface area (Å²) in [5, 5.41) is 5.66. The van der Waals surface area contributed by atoms with Crippen LogP contribution in [-0.2, 0) is 11.2 Å². The summed E-state index contributed by atoms with van der Waals surface area (Å²) in [6, 6.07) is 5.93. The molecule has 0 N–H and O–H groups in total. The van der Waals surface area contributed by atoms with Gasteiger partial charge in [-0.1, -0.05) is 23.2 Å². The molecule has 0 unspecified atom stereocenters. The zero-order valence-corrected chi connectivity index (χ0v) is 16.6. The number of carbonyl (C=O) groups is 1. The van der Waals surface area contributed by atoms with E-state index in [4.69, 9.17) is 23.2 Å². The fourth-order valence-corrected chi connectivity index (χ4v) is 3.76. The van der Waals surface area contributed by atoms with Crippen molar-refractivity contribution in [2.24, 2.45) is 5.92 Å². The first-order valence-electron chi connectivity index (χ1n) is 9.24. The van der Waals surface area contributed by atoms with Gasteiger partial charge < -0.3 is 4.90 Å². The van der Waals surface area contributed by atoms with Gasteiger partial charge in [0.15, 0.2) is 0 Å². The molecular weight excluding hydrogens is 369 g/mol. The van der Waals surface area contributed by atoms with Crippen LogP contribution in [0.5, 0.6) is 0 Å². The number of amides is 1. The largest absolute Gasteiger partial charge is 0.339 e. The number of benzene rings is 1. The van der Waals surface area contributed by atoms with E-state index in [0.717, 1.165) is 47.9 Å². The molecular formula is C20H23Cl2N3O. The van der Waals surface area contributed by atoms with Crippen molar-refractivity contribution >= 4 is 29.1 Å². The molecule has 2 aromatic rings. The summed E-state index contributed by atoms with van der Waals surface area (Å²) in [7, 11) is 0. The topological polar surface area (TPSA) is 38.1 Å². The number of nitrogens with zero attached hydrogens (tertiary/aromatic N) is 3. The molecule has 1 amide bonds. The van der Waals surface area contributed by atoms with Gasteiger partial charge in [-0.15, -0.1) is 0 Å². The molecule has 26 heavy (non-hydrogen) atoms. The van der Waals surface area contributed by atoms with E-state index in [-0.39, 0.29) is 5.91 Å². The van der Waals surface area contributed by atoms with Crippen molar-refractivity contribution in [3.05, 3.63) is 45.2 Å². The zero-order chi connectivity index (χ0) is 18.4. The third kappa shape index (κ3) is 3.63. The Bertz CT molecular complexity index is 853. The van der Waals surface area contributed by atoms with Crippen molar-refractivity contribution < 1.29 is 4.79 Å². The molecule has 0 aliphatic heterocycles. The molecule has 2 saturated carbocycles. The highest BCUT2D eigenvalue weighted by Gasteiger charge is 2.36. The minimum Gasteiger partial charge on any atom is -0.339 e. The van der Waals surface area contributed by atoms with Crippen molar-refractivity contribution in [1.82, 2.24) is 14.7 Å². The molecule has 138 valence electrons. The number of halogens is 2. The molecule has 0 bridgehead atoms. The fraction of sp³-hybridized carbons (Fsp3) is 0.500. The Labute approximate surface area is 164 Å². The first-order chi connectivity index (χ1) is 12.4. The number of aryl methyl sites for hydroxylation is 1. The third-order valence-electron chi connectivity index (χ3n) is 5.38. The van der Waals surface area contributed by atoms with Gasteiger partial charge in [-0.25, -0.2) is 4.68 Å². The molecule has 1 aromatic carbocycles. The van der Waals surface area contributed by atoms with E-state index in [2.05, 4.69) is 10.00 Å². The second-order valence-electron chi connectivity index (χ2n) is 7.56. The molecule has 2 fully saturated rings. The van der Waals surface area contributed by atoms with Crippen molar-refractivity contribution in [2.75, 3.05) is 6.54 Å². The number of hydrogen-bond acceptors (Lipinski definition) is 2. The van der Waals surface area contributed by atoms with E-state index in [1.54, 1.807) is 12.1 Å². The fourth-order valence-electron chi connectivity index (χ4n) is 3.47. The highest BCUT2D eigenvalue weighted by molar-refractivity contribution is 6.42. The smallest absolute Gasteiger partial charge is 0.227 e. The van der Waals surface area contributed by atoms with E-state index in [1.807, 2.05) is 24.6 Å². The SMILES string of the molecule is Cc1nn(-c2ccc(Cl)c(Cl)c2)c(C)c1CC(=O)N(CC1CC1)C1CC1. The Morgan fingerprint density at radius 3 is 2.54 bits per heavy atom. The highest BCUT2D eigenvalue weighted by Crippen LogP contribution is 2.35. The molecule has 6 heteroatoms. The van der Waals surface area contributed by atoms with Crippen LogP contribution < -0.4 is 0 Å². The lowest BCUT2D eigenvalue weighted by Crippen LogP contribution is -2.36. The summed E-state index contributed by atoms with van der Waals surface area (Å²) in [5.41, 5.74) is 3.75. The van der Waals surface area contributed by atoms with Crippen LogP contribution in [0.1, 0.15) is 42.6 Å². The monoisotopic (exact) mass is 391 g/mol. The maximum Gasteiger partial charge on any atom is 0.227 e. The van der Waals surface area contributed by atoms with Gasteiger partial charge in [0.2, 0.25) is 5.91 Å². The lowest BCUT2D eigenvalue weighted by Gasteiger charge is -2.22. The molecule has 0 atom stereocenters. The Kier molecular flexibility index (Phi) is 4.74. The Morgan fingerprint density at radius 1 is 1.19 bits per heavy atom. The maximum absolute atomic E-state index is 13.0. The summed E-state index contributed by atoms with van der Waals surface area (Å²) in [6.07, 6.45) is 5.26. The number of carbonyl (C=O) groups excluding carboxylic acids is 1. The average molecular weight is 392 g/mol. The van der Waals surface area contributed by atoms with Crippen LogP contribution in [0.25, 0.3) is 5.69 Å². The van der Waals surface area contributed by atoms with E-state index in [0.29, 0.717) is 22.5 Å². The molecule has 2 aliphatic rings. The summed E-state index contributed by atoms with van der Waals surface area (Å²) in [4.78, 5) is 15.1. The van der Waals surface area contributed by atoms with Crippen LogP contribution in [0.2, 0.25) is 10.0 Å². The van der Waals surface area contributed by atoms with Gasteiger partial charge in [0.1, 0.15) is 0 Å². The Morgan fingerprint density at radius 2 is 1.92 bits per heavy atom. The second kappa shape index (κ2) is 6.90. The molecule has 1 aromatic heterocycles. The maximum atomic E-state index is 13.0. The van der Waals surface area contributed by atoms with Gasteiger partial charge in [0.05, 0.1) is 27.8 Å². The quantitative estimate of drug-likeness (QED) is 0.712. The van der Waals surface area contributed by atoms with Crippen molar-refractivity contribution in [1.29, 1.82) is 0 Å². The van der Waals surface area contributed by atoms with Crippen molar-refractivity contribution in [3.63, 3.8) is 0 Å². The molecule has 0 spiro atoms. The van der Waals surface area contributed by atoms with E-state index in [9.17, 15) is 4.79 Å². The number of hydrogen-bond donors (Lipinski definition) is 0. The molecule has 1 heterocycles. The molecule has 0 saturated heterocycles. The predicted octanol–water partition coefficient (Wildman–Crippen LogP) is 4.74. The molecule has 2 aliphatic carbocycles. The van der Waals surface area contributed by atoms with Crippen LogP contribution in [0, 0.1) is 19.8 Å². The van der Waals surface area contributed by atoms with E-state index >= 15 is 0 Å². The molecule has 0 radical (unpaired) electrons. The van der Waals surface area contributed by atoms with E-state index < -0.39 is 0 Å². The van der Waals surface area contributed by atoms with Crippen LogP contribution >= 0.6 is 23.2 Å². The van der Waals surface area contributed by atoms with Gasteiger partial charge in [-0.05, 0) is 63.6 Å². The van der Waals surface area contributed by atoms with Crippen LogP contribution in [0.4, 0.5) is 0 Å². The van der Waals surface area contributed by atoms with Gasteiger partial charge in [0, 0.05) is 23.8 Å². The van der Waals surface area contributed by atoms with Crippen LogP contribution in [-0.4, -0.2) is 33.2 Å². The summed E-state index contributed by atoms with van der Waals surface area (Å²) in [6.45, 7) is 4.90. The minimum atomic E-state index is 0.235. The third-order valence-corrected chi connectivity index (χ3v) is 6.12.